The number of aromatic nitrogens is 3. The number of benzene rings is 1. The van der Waals surface area contributed by atoms with Crippen LogP contribution >= 0.6 is 0 Å². The van der Waals surface area contributed by atoms with Gasteiger partial charge in [-0.1, -0.05) is 0 Å². The van der Waals surface area contributed by atoms with Crippen LogP contribution < -0.4 is 0 Å². The number of hydrogen-bond donors (Lipinski definition) is 0. The van der Waals surface area contributed by atoms with Gasteiger partial charge < -0.3 is 0 Å². The van der Waals surface area contributed by atoms with Gasteiger partial charge in [0.1, 0.15) is 18.5 Å². The second-order valence-corrected chi connectivity index (χ2v) is 2.35. The second kappa shape index (κ2) is 2.73. The third-order valence-electron chi connectivity index (χ3n) is 1.54. The second-order valence-electron chi connectivity index (χ2n) is 2.35. The Morgan fingerprint density at radius 2 is 1.58 bits per heavy atom. The van der Waals surface area contributed by atoms with Crippen molar-refractivity contribution in [2.75, 3.05) is 0 Å². The number of hydrogen-bond acceptors (Lipinski definition) is 2. The molecule has 0 saturated heterocycles. The van der Waals surface area contributed by atoms with Crippen molar-refractivity contribution in [1.82, 2.24) is 14.8 Å². The standard InChI is InChI=1S/C8H6FN3/c9-7-1-3-8(4-2-7)12-5-10-11-6-12/h1-6H. The Labute approximate surface area is 68.5 Å². The van der Waals surface area contributed by atoms with Gasteiger partial charge in [-0.3, -0.25) is 4.57 Å². The van der Waals surface area contributed by atoms with Gasteiger partial charge in [-0.25, -0.2) is 4.39 Å². The minimum Gasteiger partial charge on any atom is -0.288 e. The van der Waals surface area contributed by atoms with Crippen LogP contribution in [0.5, 0.6) is 0 Å². The van der Waals surface area contributed by atoms with Crippen molar-refractivity contribution in [2.45, 2.75) is 0 Å². The summed E-state index contributed by atoms with van der Waals surface area (Å²) in [7, 11) is 0. The number of halogens is 1. The number of nitrogens with zero attached hydrogens (tertiary/aromatic N) is 3. The van der Waals surface area contributed by atoms with Crippen molar-refractivity contribution in [2.24, 2.45) is 0 Å². The minimum atomic E-state index is -0.244. The average molecular weight is 163 g/mol. The Bertz CT molecular complexity index is 352. The Hall–Kier alpha value is -1.71. The van der Waals surface area contributed by atoms with Crippen LogP contribution in [0, 0.1) is 5.82 Å². The predicted octanol–water partition coefficient (Wildman–Crippen LogP) is 1.41. The van der Waals surface area contributed by atoms with Crippen LogP contribution in [-0.4, -0.2) is 14.8 Å². The summed E-state index contributed by atoms with van der Waals surface area (Å²) in [5.74, 6) is -0.244. The molecule has 0 amide bonds. The summed E-state index contributed by atoms with van der Waals surface area (Å²) >= 11 is 0. The van der Waals surface area contributed by atoms with E-state index in [1.807, 2.05) is 0 Å². The molecule has 0 N–H and O–H groups in total. The third kappa shape index (κ3) is 1.18. The predicted molar refractivity (Wildman–Crippen MR) is 41.3 cm³/mol. The zero-order valence-corrected chi connectivity index (χ0v) is 6.18. The molecule has 12 heavy (non-hydrogen) atoms. The molecule has 0 saturated carbocycles. The van der Waals surface area contributed by atoms with Gasteiger partial charge in [0.25, 0.3) is 0 Å². The molecule has 1 aromatic heterocycles. The van der Waals surface area contributed by atoms with Crippen molar-refractivity contribution < 1.29 is 4.39 Å². The monoisotopic (exact) mass is 163 g/mol. The lowest BCUT2D eigenvalue weighted by Gasteiger charge is -1.98. The Morgan fingerprint density at radius 1 is 1.00 bits per heavy atom. The fourth-order valence-electron chi connectivity index (χ4n) is 0.947. The average Bonchev–Trinajstić information content (AvgIpc) is 2.58. The van der Waals surface area contributed by atoms with E-state index in [0.29, 0.717) is 0 Å². The largest absolute Gasteiger partial charge is 0.288 e. The van der Waals surface area contributed by atoms with E-state index in [0.717, 1.165) is 5.69 Å². The highest BCUT2D eigenvalue weighted by molar-refractivity contribution is 5.30. The normalized spacial score (nSPS) is 10.1. The number of rotatable bonds is 1. The van der Waals surface area contributed by atoms with E-state index in [9.17, 15) is 4.39 Å². The molecule has 2 aromatic rings. The van der Waals surface area contributed by atoms with Gasteiger partial charge >= 0.3 is 0 Å². The molecule has 0 spiro atoms. The van der Waals surface area contributed by atoms with E-state index < -0.39 is 0 Å². The van der Waals surface area contributed by atoms with Crippen LogP contribution in [-0.2, 0) is 0 Å². The van der Waals surface area contributed by atoms with Gasteiger partial charge in [-0.2, -0.15) is 0 Å². The Balaban J connectivity index is 2.43. The summed E-state index contributed by atoms with van der Waals surface area (Å²) in [6.45, 7) is 0. The van der Waals surface area contributed by atoms with Crippen molar-refractivity contribution in [3.8, 4) is 5.69 Å². The molecular weight excluding hydrogens is 157 g/mol. The Morgan fingerprint density at radius 3 is 2.17 bits per heavy atom. The molecule has 1 aromatic carbocycles. The van der Waals surface area contributed by atoms with E-state index in [2.05, 4.69) is 10.2 Å². The Kier molecular flexibility index (Phi) is 1.59. The fraction of sp³-hybridized carbons (Fsp3) is 0. The summed E-state index contributed by atoms with van der Waals surface area (Å²) in [6, 6.07) is 6.13. The van der Waals surface area contributed by atoms with Crippen molar-refractivity contribution >= 4 is 0 Å². The summed E-state index contributed by atoms with van der Waals surface area (Å²) in [5, 5.41) is 7.28. The zero-order valence-electron chi connectivity index (χ0n) is 6.18. The third-order valence-corrected chi connectivity index (χ3v) is 1.54. The van der Waals surface area contributed by atoms with Crippen LogP contribution in [0.3, 0.4) is 0 Å². The van der Waals surface area contributed by atoms with Crippen molar-refractivity contribution in [3.63, 3.8) is 0 Å². The van der Waals surface area contributed by atoms with Crippen molar-refractivity contribution in [1.29, 1.82) is 0 Å². The lowest BCUT2D eigenvalue weighted by atomic mass is 10.3. The smallest absolute Gasteiger partial charge is 0.123 e. The van der Waals surface area contributed by atoms with Crippen LogP contribution in [0.2, 0.25) is 0 Å². The lowest BCUT2D eigenvalue weighted by Crippen LogP contribution is -1.89. The molecular formula is C8H6FN3. The SMILES string of the molecule is Fc1ccc(-n2cnnc2)cc1. The van der Waals surface area contributed by atoms with E-state index in [4.69, 9.17) is 0 Å². The molecule has 0 unspecified atom stereocenters. The zero-order chi connectivity index (χ0) is 8.39. The van der Waals surface area contributed by atoms with Crippen LogP contribution in [0.1, 0.15) is 0 Å². The van der Waals surface area contributed by atoms with Gasteiger partial charge in [-0.05, 0) is 24.3 Å². The first-order valence-electron chi connectivity index (χ1n) is 3.47. The van der Waals surface area contributed by atoms with E-state index in [-0.39, 0.29) is 5.82 Å². The lowest BCUT2D eigenvalue weighted by molar-refractivity contribution is 0.627. The maximum atomic E-state index is 12.5. The fourth-order valence-corrected chi connectivity index (χ4v) is 0.947. The van der Waals surface area contributed by atoms with E-state index in [1.165, 1.54) is 12.1 Å². The molecule has 0 aliphatic heterocycles. The maximum absolute atomic E-state index is 12.5. The van der Waals surface area contributed by atoms with Crippen LogP contribution in [0.25, 0.3) is 5.69 Å². The molecule has 4 heteroatoms. The van der Waals surface area contributed by atoms with Crippen LogP contribution in [0.15, 0.2) is 36.9 Å². The van der Waals surface area contributed by atoms with Gasteiger partial charge in [0.15, 0.2) is 0 Å². The highest BCUT2D eigenvalue weighted by Crippen LogP contribution is 2.06. The molecule has 0 radical (unpaired) electrons. The summed E-state index contributed by atoms with van der Waals surface area (Å²) in [5.41, 5.74) is 0.849. The van der Waals surface area contributed by atoms with Gasteiger partial charge in [0, 0.05) is 5.69 Å². The van der Waals surface area contributed by atoms with Gasteiger partial charge in [0.05, 0.1) is 0 Å². The first kappa shape index (κ1) is 6.97. The first-order valence-corrected chi connectivity index (χ1v) is 3.47. The summed E-state index contributed by atoms with van der Waals surface area (Å²) in [4.78, 5) is 0. The highest BCUT2D eigenvalue weighted by Gasteiger charge is 1.94. The van der Waals surface area contributed by atoms with Crippen LogP contribution in [0.4, 0.5) is 4.39 Å². The highest BCUT2D eigenvalue weighted by atomic mass is 19.1. The van der Waals surface area contributed by atoms with Crippen molar-refractivity contribution in [3.05, 3.63) is 42.7 Å². The molecule has 1 heterocycles. The molecule has 0 aliphatic carbocycles. The van der Waals surface area contributed by atoms with E-state index in [1.54, 1.807) is 29.4 Å². The molecule has 0 bridgehead atoms. The van der Waals surface area contributed by atoms with Gasteiger partial charge in [0.2, 0.25) is 0 Å². The molecule has 0 aliphatic rings. The van der Waals surface area contributed by atoms with Gasteiger partial charge in [-0.15, -0.1) is 10.2 Å². The molecule has 3 nitrogen and oxygen atoms in total. The minimum absolute atomic E-state index is 0.244. The summed E-state index contributed by atoms with van der Waals surface area (Å²) in [6.07, 6.45) is 3.13. The van der Waals surface area contributed by atoms with E-state index >= 15 is 0 Å². The molecule has 0 fully saturated rings. The quantitative estimate of drug-likeness (QED) is 0.636. The first-order chi connectivity index (χ1) is 5.86. The molecule has 0 atom stereocenters. The summed E-state index contributed by atoms with van der Waals surface area (Å²) < 4.78 is 14.2. The topological polar surface area (TPSA) is 30.7 Å². The molecule has 2 rings (SSSR count). The molecule has 60 valence electrons. The maximum Gasteiger partial charge on any atom is 0.123 e.